The van der Waals surface area contributed by atoms with E-state index in [4.69, 9.17) is 4.74 Å². The Hall–Kier alpha value is -2.04. The zero-order valence-corrected chi connectivity index (χ0v) is 13.6. The Bertz CT molecular complexity index is 581. The fourth-order valence-corrected chi connectivity index (χ4v) is 3.39. The van der Waals surface area contributed by atoms with Crippen LogP contribution in [0, 0.1) is 0 Å². The number of benzene rings is 1. The second-order valence-corrected chi connectivity index (χ2v) is 6.32. The normalized spacial score (nSPS) is 21.0. The summed E-state index contributed by atoms with van der Waals surface area (Å²) in [5.41, 5.74) is 1.66. The van der Waals surface area contributed by atoms with Gasteiger partial charge in [0.15, 0.2) is 0 Å². The van der Waals surface area contributed by atoms with Crippen molar-refractivity contribution in [2.75, 3.05) is 16.8 Å². The molecule has 1 saturated carbocycles. The van der Waals surface area contributed by atoms with Gasteiger partial charge in [0.2, 0.25) is 5.91 Å². The zero-order valence-electron chi connectivity index (χ0n) is 13.6. The Kier molecular flexibility index (Phi) is 4.84. The minimum atomic E-state index is -0.308. The average molecular weight is 316 g/mol. The number of amides is 1. The molecule has 1 unspecified atom stereocenters. The van der Waals surface area contributed by atoms with Crippen molar-refractivity contribution >= 4 is 23.3 Å². The molecule has 23 heavy (non-hydrogen) atoms. The highest BCUT2D eigenvalue weighted by Crippen LogP contribution is 2.32. The summed E-state index contributed by atoms with van der Waals surface area (Å²) in [6.45, 7) is 2.04. The van der Waals surface area contributed by atoms with Crippen LogP contribution in [0.4, 0.5) is 11.4 Å². The molecule has 2 aliphatic rings. The Morgan fingerprint density at radius 1 is 1.30 bits per heavy atom. The van der Waals surface area contributed by atoms with Gasteiger partial charge in [-0.15, -0.1) is 0 Å². The van der Waals surface area contributed by atoms with Gasteiger partial charge in [0.25, 0.3) is 0 Å². The monoisotopic (exact) mass is 316 g/mol. The summed E-state index contributed by atoms with van der Waals surface area (Å²) in [7, 11) is 0. The van der Waals surface area contributed by atoms with E-state index in [1.807, 2.05) is 31.2 Å². The van der Waals surface area contributed by atoms with Gasteiger partial charge in [-0.1, -0.05) is 25.5 Å². The lowest BCUT2D eigenvalue weighted by Gasteiger charge is -2.34. The molecule has 1 aromatic rings. The van der Waals surface area contributed by atoms with E-state index >= 15 is 0 Å². The predicted octanol–water partition coefficient (Wildman–Crippen LogP) is 3.10. The number of rotatable bonds is 5. The third-order valence-corrected chi connectivity index (χ3v) is 4.55. The lowest BCUT2D eigenvalue weighted by Crippen LogP contribution is -2.49. The smallest absolute Gasteiger partial charge is 0.326 e. The van der Waals surface area contributed by atoms with Crippen molar-refractivity contribution < 1.29 is 14.3 Å². The molecular weight excluding hydrogens is 292 g/mol. The van der Waals surface area contributed by atoms with Gasteiger partial charge in [0.1, 0.15) is 18.7 Å². The van der Waals surface area contributed by atoms with Gasteiger partial charge >= 0.3 is 5.97 Å². The summed E-state index contributed by atoms with van der Waals surface area (Å²) >= 11 is 0. The lowest BCUT2D eigenvalue weighted by atomic mass is 10.0. The van der Waals surface area contributed by atoms with Crippen LogP contribution in [0.2, 0.25) is 0 Å². The van der Waals surface area contributed by atoms with Crippen LogP contribution >= 0.6 is 0 Å². The zero-order chi connectivity index (χ0) is 16.2. The second kappa shape index (κ2) is 7.02. The van der Waals surface area contributed by atoms with Crippen LogP contribution in [0.25, 0.3) is 0 Å². The summed E-state index contributed by atoms with van der Waals surface area (Å²) < 4.78 is 5.52. The van der Waals surface area contributed by atoms with Crippen molar-refractivity contribution in [3.05, 3.63) is 24.3 Å². The number of carbonyl (C=O) groups is 2. The number of hydrogen-bond donors (Lipinski definition) is 1. The Balaban J connectivity index is 1.75. The van der Waals surface area contributed by atoms with E-state index in [0.717, 1.165) is 49.9 Å². The van der Waals surface area contributed by atoms with E-state index < -0.39 is 0 Å². The molecular formula is C18H24N2O3. The number of ether oxygens (including phenoxy) is 1. The summed E-state index contributed by atoms with van der Waals surface area (Å²) in [6, 6.07) is 7.35. The number of anilines is 2. The highest BCUT2D eigenvalue weighted by atomic mass is 16.5. The topological polar surface area (TPSA) is 58.6 Å². The number of carbonyl (C=O) groups excluding carboxylic acids is 2. The Labute approximate surface area is 137 Å². The molecule has 5 heteroatoms. The third kappa shape index (κ3) is 3.49. The fraction of sp³-hybridized carbons (Fsp3) is 0.556. The van der Waals surface area contributed by atoms with E-state index in [-0.39, 0.29) is 30.6 Å². The van der Waals surface area contributed by atoms with Crippen LogP contribution in [0.1, 0.15) is 45.4 Å². The summed E-state index contributed by atoms with van der Waals surface area (Å²) in [5, 5.41) is 3.28. The number of fused-ring (bicyclic) bond motifs is 1. The van der Waals surface area contributed by atoms with Crippen molar-refractivity contribution in [2.45, 2.75) is 57.6 Å². The summed E-state index contributed by atoms with van der Waals surface area (Å²) in [4.78, 5) is 26.5. The van der Waals surface area contributed by atoms with E-state index in [1.165, 1.54) is 0 Å². The molecule has 1 atom stereocenters. The highest BCUT2D eigenvalue weighted by molar-refractivity contribution is 6.07. The molecule has 124 valence electrons. The van der Waals surface area contributed by atoms with Crippen molar-refractivity contribution in [1.82, 2.24) is 0 Å². The fourth-order valence-electron chi connectivity index (χ4n) is 3.39. The minimum Gasteiger partial charge on any atom is -0.461 e. The van der Waals surface area contributed by atoms with Crippen molar-refractivity contribution in [2.24, 2.45) is 0 Å². The number of para-hydroxylation sites is 2. The van der Waals surface area contributed by atoms with Gasteiger partial charge in [-0.05, 0) is 44.2 Å². The molecule has 1 aromatic carbocycles. The van der Waals surface area contributed by atoms with Gasteiger partial charge in [0.05, 0.1) is 11.4 Å². The first-order chi connectivity index (χ1) is 11.2. The van der Waals surface area contributed by atoms with Crippen LogP contribution in [0.5, 0.6) is 0 Å². The van der Waals surface area contributed by atoms with Crippen LogP contribution < -0.4 is 10.2 Å². The Morgan fingerprint density at radius 2 is 2.04 bits per heavy atom. The van der Waals surface area contributed by atoms with Crippen molar-refractivity contribution in [1.29, 1.82) is 0 Å². The molecule has 1 aliphatic carbocycles. The molecule has 0 aromatic heterocycles. The number of nitrogens with zero attached hydrogens (tertiary/aromatic N) is 1. The maximum absolute atomic E-state index is 12.7. The maximum Gasteiger partial charge on any atom is 0.326 e. The lowest BCUT2D eigenvalue weighted by molar-refractivity contribution is -0.147. The molecule has 0 radical (unpaired) electrons. The average Bonchev–Trinajstić information content (AvgIpc) is 3.04. The number of hydrogen-bond acceptors (Lipinski definition) is 4. The summed E-state index contributed by atoms with van der Waals surface area (Å²) in [6.07, 6.45) is 5.81. The molecule has 1 heterocycles. The molecule has 0 saturated heterocycles. The SMILES string of the molecule is CCCC1Nc2ccccc2N(CC(=O)OC2CCCC2)C1=O. The first-order valence-corrected chi connectivity index (χ1v) is 8.55. The standard InChI is InChI=1S/C18H24N2O3/c1-2-7-15-18(22)20(16-11-6-5-10-14(16)19-15)12-17(21)23-13-8-3-4-9-13/h5-6,10-11,13,15,19H,2-4,7-9,12H2,1H3. The van der Waals surface area contributed by atoms with Crippen LogP contribution in [-0.2, 0) is 14.3 Å². The molecule has 3 rings (SSSR count). The number of nitrogens with one attached hydrogen (secondary N) is 1. The quantitative estimate of drug-likeness (QED) is 0.848. The molecule has 1 amide bonds. The minimum absolute atomic E-state index is 0.00571. The third-order valence-electron chi connectivity index (χ3n) is 4.55. The van der Waals surface area contributed by atoms with Gasteiger partial charge in [-0.2, -0.15) is 0 Å². The Morgan fingerprint density at radius 3 is 2.78 bits per heavy atom. The van der Waals surface area contributed by atoms with Crippen LogP contribution in [-0.4, -0.2) is 30.6 Å². The second-order valence-electron chi connectivity index (χ2n) is 6.32. The molecule has 1 aliphatic heterocycles. The van der Waals surface area contributed by atoms with E-state index in [9.17, 15) is 9.59 Å². The van der Waals surface area contributed by atoms with Gasteiger partial charge < -0.3 is 10.1 Å². The first-order valence-electron chi connectivity index (χ1n) is 8.55. The molecule has 0 bridgehead atoms. The van der Waals surface area contributed by atoms with Gasteiger partial charge in [-0.25, -0.2) is 0 Å². The predicted molar refractivity (Wildman–Crippen MR) is 89.5 cm³/mol. The van der Waals surface area contributed by atoms with Gasteiger partial charge in [-0.3, -0.25) is 14.5 Å². The van der Waals surface area contributed by atoms with E-state index in [0.29, 0.717) is 0 Å². The molecule has 0 spiro atoms. The summed E-state index contributed by atoms with van der Waals surface area (Å²) in [5.74, 6) is -0.355. The van der Waals surface area contributed by atoms with Crippen LogP contribution in [0.3, 0.4) is 0 Å². The van der Waals surface area contributed by atoms with Crippen LogP contribution in [0.15, 0.2) is 24.3 Å². The molecule has 5 nitrogen and oxygen atoms in total. The largest absolute Gasteiger partial charge is 0.461 e. The van der Waals surface area contributed by atoms with Gasteiger partial charge in [0, 0.05) is 0 Å². The first kappa shape index (κ1) is 15.8. The van der Waals surface area contributed by atoms with E-state index in [1.54, 1.807) is 4.90 Å². The highest BCUT2D eigenvalue weighted by Gasteiger charge is 2.33. The van der Waals surface area contributed by atoms with E-state index in [2.05, 4.69) is 5.32 Å². The van der Waals surface area contributed by atoms with Crippen molar-refractivity contribution in [3.8, 4) is 0 Å². The molecule has 1 N–H and O–H groups in total. The molecule has 1 fully saturated rings. The number of esters is 1. The van der Waals surface area contributed by atoms with Crippen molar-refractivity contribution in [3.63, 3.8) is 0 Å². The maximum atomic E-state index is 12.7.